The van der Waals surface area contributed by atoms with Crippen molar-refractivity contribution in [2.24, 2.45) is 0 Å². The largest absolute Gasteiger partial charge is 0.358 e. The zero-order chi connectivity index (χ0) is 21.5. The predicted molar refractivity (Wildman–Crippen MR) is 113 cm³/mol. The van der Waals surface area contributed by atoms with Gasteiger partial charge < -0.3 is 20.5 Å². The monoisotopic (exact) mass is 420 g/mol. The Kier molecular flexibility index (Phi) is 4.69. The summed E-state index contributed by atoms with van der Waals surface area (Å²) in [5.41, 5.74) is 3.69. The van der Waals surface area contributed by atoms with Crippen molar-refractivity contribution in [2.75, 3.05) is 11.9 Å². The lowest BCUT2D eigenvalue weighted by Gasteiger charge is -2.28. The molecule has 0 radical (unpaired) electrons. The number of para-hydroxylation sites is 1. The van der Waals surface area contributed by atoms with Crippen LogP contribution in [0.4, 0.5) is 10.1 Å². The molecule has 2 aliphatic heterocycles. The normalized spacial score (nSPS) is 18.1. The van der Waals surface area contributed by atoms with Crippen molar-refractivity contribution in [1.82, 2.24) is 15.2 Å². The minimum absolute atomic E-state index is 0.0970. The summed E-state index contributed by atoms with van der Waals surface area (Å²) in [6, 6.07) is 10.6. The van der Waals surface area contributed by atoms with Crippen molar-refractivity contribution in [2.45, 2.75) is 31.8 Å². The number of carbonyl (C=O) groups is 3. The molecule has 0 aliphatic carbocycles. The fraction of sp³-hybridized carbons (Fsp3) is 0.261. The van der Waals surface area contributed by atoms with Crippen LogP contribution in [0, 0.1) is 5.82 Å². The van der Waals surface area contributed by atoms with Gasteiger partial charge in [-0.3, -0.25) is 14.4 Å². The molecule has 7 nitrogen and oxygen atoms in total. The lowest BCUT2D eigenvalue weighted by molar-refractivity contribution is -0.132. The molecule has 0 bridgehead atoms. The Hall–Kier alpha value is -3.68. The Bertz CT molecular complexity index is 1220. The van der Waals surface area contributed by atoms with Gasteiger partial charge in [0, 0.05) is 48.1 Å². The van der Waals surface area contributed by atoms with Gasteiger partial charge in [0.15, 0.2) is 0 Å². The van der Waals surface area contributed by atoms with E-state index in [-0.39, 0.29) is 36.4 Å². The number of rotatable bonds is 3. The van der Waals surface area contributed by atoms with Gasteiger partial charge in [-0.05, 0) is 36.8 Å². The number of carbonyl (C=O) groups excluding carboxylic acids is 3. The molecular weight excluding hydrogens is 399 g/mol. The van der Waals surface area contributed by atoms with Gasteiger partial charge in [-0.2, -0.15) is 0 Å². The fourth-order valence-corrected chi connectivity index (χ4v) is 4.34. The zero-order valence-corrected chi connectivity index (χ0v) is 16.7. The maximum absolute atomic E-state index is 13.7. The van der Waals surface area contributed by atoms with E-state index in [4.69, 9.17) is 0 Å². The molecule has 2 aliphatic rings. The summed E-state index contributed by atoms with van der Waals surface area (Å²) in [6.45, 7) is 0.947. The molecule has 3 heterocycles. The number of amides is 3. The van der Waals surface area contributed by atoms with E-state index in [1.165, 1.54) is 12.1 Å². The summed E-state index contributed by atoms with van der Waals surface area (Å²) in [7, 11) is 0. The Balaban J connectivity index is 1.26. The SMILES string of the molecule is O=C1NC(CCC(=O)N2CCc3[nH]c4ccc(F)cc4c3C2)C(=O)Nc2ccccc21. The van der Waals surface area contributed by atoms with Crippen molar-refractivity contribution in [3.63, 3.8) is 0 Å². The Morgan fingerprint density at radius 3 is 2.87 bits per heavy atom. The van der Waals surface area contributed by atoms with Crippen LogP contribution in [0.15, 0.2) is 42.5 Å². The third-order valence-corrected chi connectivity index (χ3v) is 5.99. The van der Waals surface area contributed by atoms with Gasteiger partial charge in [0.1, 0.15) is 11.9 Å². The van der Waals surface area contributed by atoms with Gasteiger partial charge in [0.25, 0.3) is 5.91 Å². The summed E-state index contributed by atoms with van der Waals surface area (Å²) in [4.78, 5) is 42.9. The molecular formula is C23H21FN4O3. The summed E-state index contributed by atoms with van der Waals surface area (Å²) in [6.07, 6.45) is 0.990. The number of fused-ring (bicyclic) bond motifs is 4. The van der Waals surface area contributed by atoms with Gasteiger partial charge in [0.2, 0.25) is 11.8 Å². The van der Waals surface area contributed by atoms with Crippen LogP contribution in [0.1, 0.15) is 34.5 Å². The minimum atomic E-state index is -0.786. The van der Waals surface area contributed by atoms with E-state index in [1.54, 1.807) is 35.2 Å². The van der Waals surface area contributed by atoms with E-state index in [0.29, 0.717) is 30.8 Å². The van der Waals surface area contributed by atoms with Crippen molar-refractivity contribution >= 4 is 34.3 Å². The first-order valence-corrected chi connectivity index (χ1v) is 10.3. The van der Waals surface area contributed by atoms with Crippen LogP contribution < -0.4 is 10.6 Å². The topological polar surface area (TPSA) is 94.3 Å². The van der Waals surface area contributed by atoms with E-state index in [9.17, 15) is 18.8 Å². The lowest BCUT2D eigenvalue weighted by atomic mass is 10.0. The first-order chi connectivity index (χ1) is 15.0. The molecule has 0 saturated heterocycles. The highest BCUT2D eigenvalue weighted by Crippen LogP contribution is 2.29. The van der Waals surface area contributed by atoms with Gasteiger partial charge in [-0.1, -0.05) is 12.1 Å². The van der Waals surface area contributed by atoms with Crippen LogP contribution >= 0.6 is 0 Å². The van der Waals surface area contributed by atoms with Gasteiger partial charge in [-0.25, -0.2) is 4.39 Å². The molecule has 5 rings (SSSR count). The van der Waals surface area contributed by atoms with E-state index in [0.717, 1.165) is 22.2 Å². The van der Waals surface area contributed by atoms with Crippen molar-refractivity contribution in [1.29, 1.82) is 0 Å². The van der Waals surface area contributed by atoms with Crippen LogP contribution in [0.2, 0.25) is 0 Å². The number of aromatic nitrogens is 1. The average Bonchev–Trinajstić information content (AvgIpc) is 3.07. The van der Waals surface area contributed by atoms with E-state index in [2.05, 4.69) is 15.6 Å². The number of anilines is 1. The number of aromatic amines is 1. The smallest absolute Gasteiger partial charge is 0.254 e. The Morgan fingerprint density at radius 2 is 2.00 bits per heavy atom. The van der Waals surface area contributed by atoms with Crippen molar-refractivity contribution in [3.05, 3.63) is 65.1 Å². The summed E-state index contributed by atoms with van der Waals surface area (Å²) in [5.74, 6) is -1.08. The number of hydrogen-bond acceptors (Lipinski definition) is 3. The van der Waals surface area contributed by atoms with E-state index < -0.39 is 6.04 Å². The molecule has 1 aromatic heterocycles. The Morgan fingerprint density at radius 1 is 1.16 bits per heavy atom. The summed E-state index contributed by atoms with van der Waals surface area (Å²) in [5, 5.41) is 6.26. The first-order valence-electron chi connectivity index (χ1n) is 10.3. The zero-order valence-electron chi connectivity index (χ0n) is 16.7. The van der Waals surface area contributed by atoms with Crippen LogP contribution in [-0.4, -0.2) is 40.2 Å². The first kappa shape index (κ1) is 19.3. The number of halogens is 1. The molecule has 0 fully saturated rings. The molecule has 3 N–H and O–H groups in total. The third kappa shape index (κ3) is 3.54. The number of hydrogen-bond donors (Lipinski definition) is 3. The maximum atomic E-state index is 13.7. The van der Waals surface area contributed by atoms with Gasteiger partial charge >= 0.3 is 0 Å². The highest BCUT2D eigenvalue weighted by Gasteiger charge is 2.29. The minimum Gasteiger partial charge on any atom is -0.358 e. The van der Waals surface area contributed by atoms with Crippen molar-refractivity contribution in [3.8, 4) is 0 Å². The van der Waals surface area contributed by atoms with E-state index >= 15 is 0 Å². The molecule has 2 aromatic carbocycles. The van der Waals surface area contributed by atoms with E-state index in [1.807, 2.05) is 0 Å². The molecule has 3 amide bonds. The van der Waals surface area contributed by atoms with Crippen LogP contribution in [0.5, 0.6) is 0 Å². The molecule has 3 aromatic rings. The third-order valence-electron chi connectivity index (χ3n) is 5.99. The standard InChI is InChI=1S/C23H21FN4O3/c24-13-5-6-18-15(11-13)16-12-28(10-9-19(16)25-18)21(29)8-7-20-23(31)26-17-4-2-1-3-14(17)22(30)27-20/h1-6,11,20,25H,7-10,12H2,(H,26,31)(H,27,30). The quantitative estimate of drug-likeness (QED) is 0.608. The molecule has 1 atom stereocenters. The number of H-pyrrole nitrogens is 1. The number of benzene rings is 2. The van der Waals surface area contributed by atoms with Gasteiger partial charge in [0.05, 0.1) is 11.3 Å². The van der Waals surface area contributed by atoms with Crippen LogP contribution in [0.3, 0.4) is 0 Å². The molecule has 8 heteroatoms. The van der Waals surface area contributed by atoms with Crippen LogP contribution in [-0.2, 0) is 22.6 Å². The van der Waals surface area contributed by atoms with Crippen LogP contribution in [0.25, 0.3) is 10.9 Å². The second kappa shape index (κ2) is 7.54. The highest BCUT2D eigenvalue weighted by molar-refractivity contribution is 6.09. The fourth-order valence-electron chi connectivity index (χ4n) is 4.34. The molecule has 1 unspecified atom stereocenters. The number of nitrogens with one attached hydrogen (secondary N) is 3. The lowest BCUT2D eigenvalue weighted by Crippen LogP contribution is -2.42. The molecule has 0 spiro atoms. The molecule has 0 saturated carbocycles. The van der Waals surface area contributed by atoms with Gasteiger partial charge in [-0.15, -0.1) is 0 Å². The Labute approximate surface area is 177 Å². The second-order valence-corrected chi connectivity index (χ2v) is 7.94. The van der Waals surface area contributed by atoms with Crippen molar-refractivity contribution < 1.29 is 18.8 Å². The second-order valence-electron chi connectivity index (χ2n) is 7.94. The summed E-state index contributed by atoms with van der Waals surface area (Å²) >= 11 is 0. The molecule has 158 valence electrons. The molecule has 31 heavy (non-hydrogen) atoms. The predicted octanol–water partition coefficient (Wildman–Crippen LogP) is 2.72. The maximum Gasteiger partial charge on any atom is 0.254 e. The highest BCUT2D eigenvalue weighted by atomic mass is 19.1. The summed E-state index contributed by atoms with van der Waals surface area (Å²) < 4.78 is 13.7. The average molecular weight is 420 g/mol. The number of nitrogens with zero attached hydrogens (tertiary/aromatic N) is 1.